The Kier molecular flexibility index (Phi) is 6.20. The van der Waals surface area contributed by atoms with E-state index in [9.17, 15) is 22.4 Å². The second kappa shape index (κ2) is 9.00. The number of amides is 1. The van der Waals surface area contributed by atoms with Crippen molar-refractivity contribution in [2.75, 3.05) is 13.1 Å². The van der Waals surface area contributed by atoms with Gasteiger partial charge in [-0.2, -0.15) is 18.3 Å². The van der Waals surface area contributed by atoms with Crippen LogP contribution in [-0.2, 0) is 27.4 Å². The lowest BCUT2D eigenvalue weighted by Gasteiger charge is -2.44. The summed E-state index contributed by atoms with van der Waals surface area (Å²) in [6.45, 7) is -0.313. The molecule has 3 aromatic rings. The van der Waals surface area contributed by atoms with E-state index in [2.05, 4.69) is 10.6 Å². The van der Waals surface area contributed by atoms with Crippen LogP contribution < -0.4 is 5.48 Å². The summed E-state index contributed by atoms with van der Waals surface area (Å²) in [4.78, 5) is 18.6. The van der Waals surface area contributed by atoms with Crippen molar-refractivity contribution in [2.45, 2.75) is 24.0 Å². The first-order valence-electron chi connectivity index (χ1n) is 10.9. The maximum atomic E-state index is 15.4. The Morgan fingerprint density at radius 1 is 1.11 bits per heavy atom. The SMILES string of the molecule is O=C(Cn1cccn1)N1CC(F)(c2ccc(C3=CC(c4cc(Cl)c(F)c(Cl)c4)(C(F)(F)F)ON3)cc2)C1. The Bertz CT molecular complexity index is 1350. The predicted octanol–water partition coefficient (Wildman–Crippen LogP) is 5.37. The van der Waals surface area contributed by atoms with E-state index >= 15 is 4.39 Å². The minimum atomic E-state index is -4.97. The van der Waals surface area contributed by atoms with Crippen LogP contribution in [0.25, 0.3) is 5.70 Å². The molecule has 0 spiro atoms. The summed E-state index contributed by atoms with van der Waals surface area (Å²) in [6.07, 6.45) is -1.02. The average molecular weight is 559 g/mol. The Balaban J connectivity index is 1.35. The highest BCUT2D eigenvalue weighted by molar-refractivity contribution is 6.35. The van der Waals surface area contributed by atoms with Gasteiger partial charge in [-0.15, -0.1) is 0 Å². The fourth-order valence-electron chi connectivity index (χ4n) is 4.25. The van der Waals surface area contributed by atoms with E-state index in [1.807, 2.05) is 0 Å². The van der Waals surface area contributed by atoms with E-state index in [1.165, 1.54) is 40.0 Å². The highest BCUT2D eigenvalue weighted by atomic mass is 35.5. The average Bonchev–Trinajstić information content (AvgIpc) is 3.51. The normalized spacial score (nSPS) is 20.8. The van der Waals surface area contributed by atoms with Gasteiger partial charge in [0.2, 0.25) is 11.5 Å². The monoisotopic (exact) mass is 558 g/mol. The van der Waals surface area contributed by atoms with Crippen LogP contribution in [0.2, 0.25) is 10.0 Å². The van der Waals surface area contributed by atoms with Crippen molar-refractivity contribution in [3.05, 3.63) is 93.5 Å². The summed E-state index contributed by atoms with van der Waals surface area (Å²) in [5.41, 5.74) is -2.53. The van der Waals surface area contributed by atoms with Crippen molar-refractivity contribution >= 4 is 34.8 Å². The number of hydrogen-bond donors (Lipinski definition) is 1. The lowest BCUT2D eigenvalue weighted by molar-refractivity contribution is -0.269. The number of halogens is 7. The maximum Gasteiger partial charge on any atom is 0.428 e. The largest absolute Gasteiger partial charge is 0.428 e. The summed E-state index contributed by atoms with van der Waals surface area (Å²) in [5, 5.41) is 2.77. The molecule has 0 aliphatic carbocycles. The van der Waals surface area contributed by atoms with Gasteiger partial charge in [-0.1, -0.05) is 47.5 Å². The first-order valence-corrected chi connectivity index (χ1v) is 11.6. The Morgan fingerprint density at radius 3 is 2.32 bits per heavy atom. The van der Waals surface area contributed by atoms with Crippen molar-refractivity contribution in [1.29, 1.82) is 0 Å². The number of benzene rings is 2. The molecule has 37 heavy (non-hydrogen) atoms. The van der Waals surface area contributed by atoms with Crippen LogP contribution in [0.4, 0.5) is 22.0 Å². The van der Waals surface area contributed by atoms with Crippen LogP contribution in [0.3, 0.4) is 0 Å². The molecule has 2 aliphatic rings. The van der Waals surface area contributed by atoms with Gasteiger partial charge in [0, 0.05) is 18.0 Å². The van der Waals surface area contributed by atoms with Crippen LogP contribution in [-0.4, -0.2) is 39.9 Å². The number of hydroxylamine groups is 1. The lowest BCUT2D eigenvalue weighted by atomic mass is 9.87. The Labute approximate surface area is 217 Å². The second-order valence-electron chi connectivity index (χ2n) is 8.75. The number of alkyl halides is 4. The molecule has 3 heterocycles. The lowest BCUT2D eigenvalue weighted by Crippen LogP contribution is -2.59. The quantitative estimate of drug-likeness (QED) is 0.338. The van der Waals surface area contributed by atoms with Gasteiger partial charge in [0.1, 0.15) is 6.54 Å². The molecule has 1 amide bonds. The second-order valence-corrected chi connectivity index (χ2v) is 9.56. The van der Waals surface area contributed by atoms with Crippen molar-refractivity contribution < 1.29 is 31.6 Å². The molecule has 6 nitrogen and oxygen atoms in total. The van der Waals surface area contributed by atoms with Crippen LogP contribution in [0.15, 0.2) is 60.9 Å². The van der Waals surface area contributed by atoms with Gasteiger partial charge < -0.3 is 4.90 Å². The Morgan fingerprint density at radius 2 is 1.76 bits per heavy atom. The highest BCUT2D eigenvalue weighted by Crippen LogP contribution is 2.48. The molecule has 1 atom stereocenters. The molecule has 0 bridgehead atoms. The van der Waals surface area contributed by atoms with Crippen molar-refractivity contribution in [3.63, 3.8) is 0 Å². The maximum absolute atomic E-state index is 15.4. The zero-order chi connectivity index (χ0) is 26.6. The first-order chi connectivity index (χ1) is 17.4. The zero-order valence-electron chi connectivity index (χ0n) is 18.7. The van der Waals surface area contributed by atoms with Gasteiger partial charge >= 0.3 is 6.18 Å². The van der Waals surface area contributed by atoms with Crippen LogP contribution in [0.1, 0.15) is 16.7 Å². The number of likely N-dealkylation sites (tertiary alicyclic amines) is 1. The summed E-state index contributed by atoms with van der Waals surface area (Å²) in [5.74, 6) is -1.33. The third-order valence-electron chi connectivity index (χ3n) is 6.31. The van der Waals surface area contributed by atoms with Gasteiger partial charge in [-0.25, -0.2) is 8.78 Å². The number of aromatic nitrogens is 2. The van der Waals surface area contributed by atoms with Crippen LogP contribution in [0.5, 0.6) is 0 Å². The van der Waals surface area contributed by atoms with E-state index in [0.29, 0.717) is 0 Å². The molecule has 1 saturated heterocycles. The standard InChI is InChI=1S/C24H17Cl2F5N4O2/c25-17-8-16(9-18(26)21(17)27)23(24(29,30)31)10-19(33-37-23)14-2-4-15(5-3-14)22(28)12-34(13-22)20(36)11-35-7-1-6-32-35/h1-10,33H,11-13H2. The highest BCUT2D eigenvalue weighted by Gasteiger charge is 2.60. The molecule has 1 aromatic heterocycles. The summed E-state index contributed by atoms with van der Waals surface area (Å²) < 4.78 is 73.1. The van der Waals surface area contributed by atoms with Gasteiger partial charge in [-0.05, 0) is 35.4 Å². The van der Waals surface area contributed by atoms with E-state index in [1.54, 1.807) is 12.3 Å². The molecule has 2 aliphatic heterocycles. The van der Waals surface area contributed by atoms with E-state index in [-0.39, 0.29) is 42.4 Å². The van der Waals surface area contributed by atoms with Crippen molar-refractivity contribution in [3.8, 4) is 0 Å². The summed E-state index contributed by atoms with van der Waals surface area (Å²) >= 11 is 11.4. The smallest absolute Gasteiger partial charge is 0.334 e. The molecule has 194 valence electrons. The third kappa shape index (κ3) is 4.45. The predicted molar refractivity (Wildman–Crippen MR) is 124 cm³/mol. The summed E-state index contributed by atoms with van der Waals surface area (Å²) in [6, 6.07) is 9.01. The number of carbonyl (C=O) groups excluding carboxylic acids is 1. The summed E-state index contributed by atoms with van der Waals surface area (Å²) in [7, 11) is 0. The molecule has 13 heteroatoms. The van der Waals surface area contributed by atoms with Crippen LogP contribution >= 0.6 is 23.2 Å². The fourth-order valence-corrected chi connectivity index (χ4v) is 4.74. The zero-order valence-corrected chi connectivity index (χ0v) is 20.2. The van der Waals surface area contributed by atoms with Gasteiger partial charge in [-0.3, -0.25) is 19.8 Å². The fraction of sp³-hybridized carbons (Fsp3) is 0.250. The molecular weight excluding hydrogens is 542 g/mol. The van der Waals surface area contributed by atoms with Gasteiger partial charge in [0.15, 0.2) is 11.5 Å². The van der Waals surface area contributed by atoms with Crippen LogP contribution in [0, 0.1) is 5.82 Å². The van der Waals surface area contributed by atoms with E-state index in [4.69, 9.17) is 28.0 Å². The minimum Gasteiger partial charge on any atom is -0.334 e. The molecule has 0 radical (unpaired) electrons. The van der Waals surface area contributed by atoms with Gasteiger partial charge in [0.05, 0.1) is 28.8 Å². The molecule has 1 unspecified atom stereocenters. The number of carbonyl (C=O) groups is 1. The van der Waals surface area contributed by atoms with Gasteiger partial charge in [0.25, 0.3) is 0 Å². The number of rotatable bonds is 5. The number of hydrogen-bond acceptors (Lipinski definition) is 4. The number of nitrogens with one attached hydrogen (secondary N) is 1. The Hall–Kier alpha value is -3.15. The molecule has 1 fully saturated rings. The minimum absolute atomic E-state index is 0.00667. The van der Waals surface area contributed by atoms with Crippen molar-refractivity contribution in [2.24, 2.45) is 0 Å². The molecular formula is C24H17Cl2F5N4O2. The number of nitrogens with zero attached hydrogens (tertiary/aromatic N) is 3. The third-order valence-corrected chi connectivity index (χ3v) is 6.86. The van der Waals surface area contributed by atoms with E-state index in [0.717, 1.165) is 18.2 Å². The molecule has 0 saturated carbocycles. The topological polar surface area (TPSA) is 59.4 Å². The first kappa shape index (κ1) is 25.5. The molecule has 2 aromatic carbocycles. The molecule has 1 N–H and O–H groups in total. The van der Waals surface area contributed by atoms with E-state index < -0.39 is 38.9 Å². The molecule has 5 rings (SSSR count). The van der Waals surface area contributed by atoms with Crippen molar-refractivity contribution in [1.82, 2.24) is 20.2 Å².